The molecular weight excluding hydrogens is 328 g/mol. The van der Waals surface area contributed by atoms with Crippen LogP contribution in [0.2, 0.25) is 0 Å². The highest BCUT2D eigenvalue weighted by Gasteiger charge is 2.32. The van der Waals surface area contributed by atoms with Crippen LogP contribution in [0.3, 0.4) is 0 Å². The highest BCUT2D eigenvalue weighted by atomic mass is 16.5. The lowest BCUT2D eigenvalue weighted by atomic mass is 9.88. The number of carbonyl (C=O) groups is 1. The molecule has 2 aliphatic rings. The van der Waals surface area contributed by atoms with E-state index in [4.69, 9.17) is 4.74 Å². The van der Waals surface area contributed by atoms with Crippen LogP contribution in [-0.2, 0) is 4.74 Å². The quantitative estimate of drug-likeness (QED) is 0.605. The molecule has 3 N–H and O–H groups in total. The maximum absolute atomic E-state index is 12.7. The molecule has 3 rings (SSSR count). The van der Waals surface area contributed by atoms with Gasteiger partial charge in [0.05, 0.1) is 13.2 Å². The molecule has 0 radical (unpaired) electrons. The van der Waals surface area contributed by atoms with Gasteiger partial charge in [0.15, 0.2) is 0 Å². The lowest BCUT2D eigenvalue weighted by Gasteiger charge is -2.39. The number of amides is 1. The maximum atomic E-state index is 12.7. The van der Waals surface area contributed by atoms with Crippen molar-refractivity contribution in [3.63, 3.8) is 0 Å². The first-order valence-corrected chi connectivity index (χ1v) is 8.59. The zero-order valence-electron chi connectivity index (χ0n) is 14.1. The second kappa shape index (κ2) is 7.94. The molecule has 2 aliphatic heterocycles. The van der Waals surface area contributed by atoms with Crippen molar-refractivity contribution in [1.29, 1.82) is 0 Å². The Morgan fingerprint density at radius 1 is 1.24 bits per heavy atom. The van der Waals surface area contributed by atoms with E-state index in [1.807, 2.05) is 0 Å². The van der Waals surface area contributed by atoms with Crippen LogP contribution >= 0.6 is 0 Å². The van der Waals surface area contributed by atoms with Gasteiger partial charge >= 0.3 is 5.69 Å². The first-order valence-electron chi connectivity index (χ1n) is 8.59. The van der Waals surface area contributed by atoms with Gasteiger partial charge in [-0.2, -0.15) is 0 Å². The van der Waals surface area contributed by atoms with Gasteiger partial charge in [0, 0.05) is 45.5 Å². The zero-order chi connectivity index (χ0) is 17.8. The van der Waals surface area contributed by atoms with E-state index in [0.717, 1.165) is 32.3 Å². The molecule has 0 aliphatic carbocycles. The summed E-state index contributed by atoms with van der Waals surface area (Å²) in [5, 5.41) is 9.59. The van der Waals surface area contributed by atoms with Crippen LogP contribution in [0.5, 0.6) is 0 Å². The Kier molecular flexibility index (Phi) is 5.67. The Morgan fingerprint density at radius 3 is 2.64 bits per heavy atom. The van der Waals surface area contributed by atoms with E-state index in [1.165, 1.54) is 0 Å². The molecule has 2 fully saturated rings. The number of likely N-dealkylation sites (tertiary alicyclic amines) is 1. The largest absolute Gasteiger partial charge is 0.396 e. The maximum Gasteiger partial charge on any atom is 0.325 e. The van der Waals surface area contributed by atoms with E-state index in [-0.39, 0.29) is 24.0 Å². The van der Waals surface area contributed by atoms with Gasteiger partial charge in [0.25, 0.3) is 11.5 Å². The van der Waals surface area contributed by atoms with Crippen molar-refractivity contribution in [1.82, 2.24) is 19.8 Å². The first-order chi connectivity index (χ1) is 12.1. The second-order valence-corrected chi connectivity index (χ2v) is 6.76. The van der Waals surface area contributed by atoms with E-state index in [9.17, 15) is 19.5 Å². The van der Waals surface area contributed by atoms with Gasteiger partial charge in [0.1, 0.15) is 5.56 Å². The molecule has 2 atom stereocenters. The summed E-state index contributed by atoms with van der Waals surface area (Å²) in [7, 11) is 0. The molecule has 1 amide bonds. The number of hydrogen-bond acceptors (Lipinski definition) is 6. The number of piperidine rings is 1. The molecule has 0 saturated carbocycles. The summed E-state index contributed by atoms with van der Waals surface area (Å²) in [6, 6.07) is 0. The topological polar surface area (TPSA) is 119 Å². The van der Waals surface area contributed by atoms with Gasteiger partial charge < -0.3 is 19.7 Å². The Labute approximate surface area is 144 Å². The first kappa shape index (κ1) is 17.8. The third kappa shape index (κ3) is 4.36. The van der Waals surface area contributed by atoms with Crippen LogP contribution in [0.15, 0.2) is 15.8 Å². The molecule has 9 nitrogen and oxygen atoms in total. The number of aliphatic hydroxyl groups excluding tert-OH is 1. The zero-order valence-corrected chi connectivity index (χ0v) is 14.1. The summed E-state index contributed by atoms with van der Waals surface area (Å²) in [5.41, 5.74) is -1.41. The molecule has 0 bridgehead atoms. The van der Waals surface area contributed by atoms with Crippen molar-refractivity contribution in [2.75, 3.05) is 52.5 Å². The highest BCUT2D eigenvalue weighted by molar-refractivity contribution is 5.93. The summed E-state index contributed by atoms with van der Waals surface area (Å²) in [5.74, 6) is -0.192. The average Bonchev–Trinajstić information content (AvgIpc) is 2.62. The van der Waals surface area contributed by atoms with Crippen molar-refractivity contribution in [3.05, 3.63) is 32.6 Å². The number of ether oxygens (including phenoxy) is 1. The molecule has 0 unspecified atom stereocenters. The third-order valence-electron chi connectivity index (χ3n) is 4.84. The molecule has 1 aromatic rings. The molecule has 0 aromatic carbocycles. The van der Waals surface area contributed by atoms with E-state index < -0.39 is 17.2 Å². The number of H-pyrrole nitrogens is 2. The van der Waals surface area contributed by atoms with Gasteiger partial charge in [-0.15, -0.1) is 0 Å². The van der Waals surface area contributed by atoms with Gasteiger partial charge in [-0.3, -0.25) is 19.5 Å². The number of aromatic nitrogens is 2. The van der Waals surface area contributed by atoms with Crippen molar-refractivity contribution in [2.24, 2.45) is 11.8 Å². The number of nitrogens with zero attached hydrogens (tertiary/aromatic N) is 2. The predicted octanol–water partition coefficient (Wildman–Crippen LogP) is -1.53. The van der Waals surface area contributed by atoms with Gasteiger partial charge in [-0.05, 0) is 18.3 Å². The van der Waals surface area contributed by atoms with Crippen LogP contribution in [0.1, 0.15) is 16.8 Å². The summed E-state index contributed by atoms with van der Waals surface area (Å²) < 4.78 is 5.36. The molecule has 3 heterocycles. The number of hydrogen-bond donors (Lipinski definition) is 3. The Bertz CT molecular complexity index is 709. The average molecular weight is 352 g/mol. The molecule has 138 valence electrons. The molecule has 0 spiro atoms. The minimum Gasteiger partial charge on any atom is -0.396 e. The third-order valence-corrected chi connectivity index (χ3v) is 4.84. The van der Waals surface area contributed by atoms with Crippen molar-refractivity contribution >= 4 is 5.91 Å². The van der Waals surface area contributed by atoms with Crippen molar-refractivity contribution in [3.8, 4) is 0 Å². The van der Waals surface area contributed by atoms with Gasteiger partial charge in [-0.25, -0.2) is 4.79 Å². The van der Waals surface area contributed by atoms with Crippen molar-refractivity contribution < 1.29 is 14.6 Å². The number of morpholine rings is 1. The molecular formula is C16H24N4O5. The summed E-state index contributed by atoms with van der Waals surface area (Å²) in [6.07, 6.45) is 2.00. The Hall–Kier alpha value is -1.97. The molecule has 1 aromatic heterocycles. The number of carbonyl (C=O) groups excluding carboxylic acids is 1. The minimum absolute atomic E-state index is 0.00533. The monoisotopic (exact) mass is 352 g/mol. The molecule has 9 heteroatoms. The Morgan fingerprint density at radius 2 is 1.96 bits per heavy atom. The number of aromatic amines is 2. The van der Waals surface area contributed by atoms with Crippen LogP contribution in [0, 0.1) is 11.8 Å². The number of nitrogens with one attached hydrogen (secondary N) is 2. The molecule has 25 heavy (non-hydrogen) atoms. The normalized spacial score (nSPS) is 25.1. The summed E-state index contributed by atoms with van der Waals surface area (Å²) >= 11 is 0. The number of rotatable bonds is 4. The predicted molar refractivity (Wildman–Crippen MR) is 89.5 cm³/mol. The SMILES string of the molecule is O=C(c1c[nH]c(=O)[nH]c1=O)N1C[C@H](CO)C[C@@H](CN2CCOCC2)C1. The van der Waals surface area contributed by atoms with E-state index in [1.54, 1.807) is 4.90 Å². The van der Waals surface area contributed by atoms with Crippen LogP contribution in [0.25, 0.3) is 0 Å². The van der Waals surface area contributed by atoms with Gasteiger partial charge in [-0.1, -0.05) is 0 Å². The fourth-order valence-electron chi connectivity index (χ4n) is 3.64. The number of aliphatic hydroxyl groups is 1. The van der Waals surface area contributed by atoms with E-state index in [2.05, 4.69) is 14.9 Å². The summed E-state index contributed by atoms with van der Waals surface area (Å²) in [6.45, 7) is 4.95. The fraction of sp³-hybridized carbons (Fsp3) is 0.688. The lowest BCUT2D eigenvalue weighted by molar-refractivity contribution is 0.0129. The highest BCUT2D eigenvalue weighted by Crippen LogP contribution is 2.24. The second-order valence-electron chi connectivity index (χ2n) is 6.76. The van der Waals surface area contributed by atoms with E-state index in [0.29, 0.717) is 26.3 Å². The van der Waals surface area contributed by atoms with E-state index >= 15 is 0 Å². The molecule has 2 saturated heterocycles. The lowest BCUT2D eigenvalue weighted by Crippen LogP contribution is -2.50. The standard InChI is InChI=1S/C16H24N4O5/c21-10-12-5-11(7-19-1-3-25-4-2-19)8-20(9-12)15(23)13-6-17-16(24)18-14(13)22/h6,11-12,21H,1-5,7-10H2,(H2,17,18,22,24)/t11-,12+/m0/s1. The smallest absolute Gasteiger partial charge is 0.325 e. The van der Waals surface area contributed by atoms with Crippen LogP contribution < -0.4 is 11.2 Å². The minimum atomic E-state index is -0.690. The van der Waals surface area contributed by atoms with Crippen molar-refractivity contribution in [2.45, 2.75) is 6.42 Å². The fourth-order valence-corrected chi connectivity index (χ4v) is 3.64. The Balaban J connectivity index is 1.71. The van der Waals surface area contributed by atoms with Crippen LogP contribution in [-0.4, -0.2) is 83.3 Å². The van der Waals surface area contributed by atoms with Gasteiger partial charge in [0.2, 0.25) is 0 Å². The van der Waals surface area contributed by atoms with Crippen LogP contribution in [0.4, 0.5) is 0 Å². The summed E-state index contributed by atoms with van der Waals surface area (Å²) in [4.78, 5) is 44.0.